The van der Waals surface area contributed by atoms with Crippen LogP contribution in [0.3, 0.4) is 0 Å². The van der Waals surface area contributed by atoms with E-state index in [1.807, 2.05) is 6.92 Å². The van der Waals surface area contributed by atoms with E-state index in [0.717, 1.165) is 5.56 Å². The number of likely N-dealkylation sites (tertiary alicyclic amines) is 1. The molecule has 2 aromatic rings. The standard InChI is InChI=1S/C22H27N3O6S/c1-15-4-7-18(8-5-15)32(28,29)24-23-21(16-10-12-25(13-11-16)22(26)27)17-6-9-19(30-2)20(14-17)31-3/h4-9,14,16,24H,10-13H2,1-3H3,(H,26,27). The highest BCUT2D eigenvalue weighted by molar-refractivity contribution is 7.89. The smallest absolute Gasteiger partial charge is 0.407 e. The summed E-state index contributed by atoms with van der Waals surface area (Å²) in [5, 5.41) is 13.5. The summed E-state index contributed by atoms with van der Waals surface area (Å²) in [7, 11) is -0.820. The third-order valence-electron chi connectivity index (χ3n) is 5.45. The number of ether oxygens (including phenoxy) is 2. The van der Waals surface area contributed by atoms with Crippen molar-refractivity contribution in [1.82, 2.24) is 9.73 Å². The van der Waals surface area contributed by atoms with Crippen LogP contribution in [0.5, 0.6) is 11.5 Å². The van der Waals surface area contributed by atoms with Crippen LogP contribution in [0.1, 0.15) is 24.0 Å². The van der Waals surface area contributed by atoms with E-state index in [1.54, 1.807) is 30.3 Å². The molecule has 0 spiro atoms. The maximum absolute atomic E-state index is 12.8. The van der Waals surface area contributed by atoms with Gasteiger partial charge in [-0.1, -0.05) is 17.7 Å². The second kappa shape index (κ2) is 9.90. The monoisotopic (exact) mass is 461 g/mol. The Bertz CT molecular complexity index is 1090. The Balaban J connectivity index is 1.95. The van der Waals surface area contributed by atoms with Gasteiger partial charge in [0.1, 0.15) is 0 Å². The first kappa shape index (κ1) is 23.4. The largest absolute Gasteiger partial charge is 0.493 e. The van der Waals surface area contributed by atoms with Crippen LogP contribution in [-0.2, 0) is 10.0 Å². The van der Waals surface area contributed by atoms with Crippen LogP contribution in [-0.4, -0.2) is 57.5 Å². The van der Waals surface area contributed by atoms with Crippen molar-refractivity contribution in [1.29, 1.82) is 0 Å². The number of hydrazone groups is 1. The summed E-state index contributed by atoms with van der Waals surface area (Å²) in [6.07, 6.45) is 0.0745. The second-order valence-corrected chi connectivity index (χ2v) is 9.18. The first-order valence-corrected chi connectivity index (χ1v) is 11.6. The molecule has 1 aliphatic heterocycles. The molecule has 3 rings (SSSR count). The van der Waals surface area contributed by atoms with Gasteiger partial charge in [-0.15, -0.1) is 0 Å². The molecule has 1 amide bonds. The van der Waals surface area contributed by atoms with Gasteiger partial charge in [0.2, 0.25) is 0 Å². The number of methoxy groups -OCH3 is 2. The fourth-order valence-electron chi connectivity index (χ4n) is 3.61. The molecule has 32 heavy (non-hydrogen) atoms. The number of hydrogen-bond acceptors (Lipinski definition) is 6. The highest BCUT2D eigenvalue weighted by atomic mass is 32.2. The molecule has 2 N–H and O–H groups in total. The van der Waals surface area contributed by atoms with Crippen LogP contribution in [0.15, 0.2) is 52.5 Å². The average molecular weight is 462 g/mol. The summed E-state index contributed by atoms with van der Waals surface area (Å²) in [6.45, 7) is 2.56. The van der Waals surface area contributed by atoms with Crippen molar-refractivity contribution < 1.29 is 27.8 Å². The lowest BCUT2D eigenvalue weighted by molar-refractivity contribution is 0.131. The lowest BCUT2D eigenvalue weighted by Gasteiger charge is -2.30. The quantitative estimate of drug-likeness (QED) is 0.483. The van der Waals surface area contributed by atoms with Crippen LogP contribution in [0.25, 0.3) is 0 Å². The number of sulfonamides is 1. The van der Waals surface area contributed by atoms with Crippen LogP contribution in [0.2, 0.25) is 0 Å². The summed E-state index contributed by atoms with van der Waals surface area (Å²) >= 11 is 0. The number of carboxylic acid groups (broad SMARTS) is 1. The summed E-state index contributed by atoms with van der Waals surface area (Å²) in [4.78, 5) is 15.1. The molecule has 0 unspecified atom stereocenters. The molecule has 0 saturated carbocycles. The number of aryl methyl sites for hydroxylation is 1. The van der Waals surface area contributed by atoms with Crippen molar-refractivity contribution in [3.63, 3.8) is 0 Å². The second-order valence-electron chi connectivity index (χ2n) is 7.52. The third kappa shape index (κ3) is 5.31. The molecule has 0 bridgehead atoms. The predicted octanol–water partition coefficient (Wildman–Crippen LogP) is 3.08. The van der Waals surface area contributed by atoms with E-state index in [0.29, 0.717) is 48.7 Å². The predicted molar refractivity (Wildman–Crippen MR) is 120 cm³/mol. The van der Waals surface area contributed by atoms with Gasteiger partial charge in [-0.25, -0.2) is 4.79 Å². The molecule has 0 radical (unpaired) electrons. The molecule has 10 heteroatoms. The maximum Gasteiger partial charge on any atom is 0.407 e. The molecular weight excluding hydrogens is 434 g/mol. The minimum absolute atomic E-state index is 0.110. The lowest BCUT2D eigenvalue weighted by Crippen LogP contribution is -2.40. The average Bonchev–Trinajstić information content (AvgIpc) is 2.79. The van der Waals surface area contributed by atoms with E-state index in [4.69, 9.17) is 9.47 Å². The zero-order valence-corrected chi connectivity index (χ0v) is 19.1. The van der Waals surface area contributed by atoms with Gasteiger partial charge in [0.25, 0.3) is 10.0 Å². The number of nitrogens with one attached hydrogen (secondary N) is 1. The minimum atomic E-state index is -3.87. The van der Waals surface area contributed by atoms with Crippen molar-refractivity contribution in [3.8, 4) is 11.5 Å². The number of rotatable bonds is 7. The van der Waals surface area contributed by atoms with E-state index in [2.05, 4.69) is 9.93 Å². The van der Waals surface area contributed by atoms with Crippen LogP contribution >= 0.6 is 0 Å². The van der Waals surface area contributed by atoms with Crippen LogP contribution < -0.4 is 14.3 Å². The van der Waals surface area contributed by atoms with E-state index in [9.17, 15) is 18.3 Å². The zero-order chi connectivity index (χ0) is 23.3. The SMILES string of the molecule is COc1ccc(C(=NNS(=O)(=O)c2ccc(C)cc2)C2CCN(C(=O)O)CC2)cc1OC. The maximum atomic E-state index is 12.8. The Kier molecular flexibility index (Phi) is 7.24. The first-order chi connectivity index (χ1) is 15.2. The van der Waals surface area contributed by atoms with E-state index < -0.39 is 16.1 Å². The molecule has 0 aliphatic carbocycles. The lowest BCUT2D eigenvalue weighted by atomic mass is 9.88. The van der Waals surface area contributed by atoms with Gasteiger partial charge in [0.15, 0.2) is 11.5 Å². The van der Waals surface area contributed by atoms with Crippen molar-refractivity contribution in [2.75, 3.05) is 27.3 Å². The van der Waals surface area contributed by atoms with Gasteiger partial charge in [-0.3, -0.25) is 0 Å². The highest BCUT2D eigenvalue weighted by Gasteiger charge is 2.28. The number of piperidine rings is 1. The normalized spacial score (nSPS) is 15.3. The summed E-state index contributed by atoms with van der Waals surface area (Å²) in [6, 6.07) is 11.7. The Labute approximate surface area is 187 Å². The van der Waals surface area contributed by atoms with Gasteiger partial charge in [0, 0.05) is 24.6 Å². The van der Waals surface area contributed by atoms with Crippen LogP contribution in [0, 0.1) is 12.8 Å². The van der Waals surface area contributed by atoms with Gasteiger partial charge in [0.05, 0.1) is 24.8 Å². The van der Waals surface area contributed by atoms with Gasteiger partial charge >= 0.3 is 6.09 Å². The zero-order valence-electron chi connectivity index (χ0n) is 18.2. The van der Waals surface area contributed by atoms with Gasteiger partial charge < -0.3 is 19.5 Å². The molecule has 9 nitrogen and oxygen atoms in total. The molecule has 1 aliphatic rings. The number of carbonyl (C=O) groups is 1. The van der Waals surface area contributed by atoms with Crippen molar-refractivity contribution in [2.24, 2.45) is 11.0 Å². The highest BCUT2D eigenvalue weighted by Crippen LogP contribution is 2.30. The van der Waals surface area contributed by atoms with E-state index >= 15 is 0 Å². The number of benzene rings is 2. The Morgan fingerprint density at radius 1 is 1.06 bits per heavy atom. The molecule has 1 saturated heterocycles. The van der Waals surface area contributed by atoms with E-state index in [1.165, 1.54) is 31.3 Å². The van der Waals surface area contributed by atoms with Crippen molar-refractivity contribution in [2.45, 2.75) is 24.7 Å². The summed E-state index contributed by atoms with van der Waals surface area (Å²) in [5.74, 6) is 0.892. The Morgan fingerprint density at radius 3 is 2.25 bits per heavy atom. The van der Waals surface area contributed by atoms with Crippen molar-refractivity contribution in [3.05, 3.63) is 53.6 Å². The fraction of sp³-hybridized carbons (Fsp3) is 0.364. The van der Waals surface area contributed by atoms with E-state index in [-0.39, 0.29) is 10.8 Å². The summed E-state index contributed by atoms with van der Waals surface area (Å²) in [5.41, 5.74) is 2.14. The number of amides is 1. The first-order valence-electron chi connectivity index (χ1n) is 10.1. The molecule has 172 valence electrons. The van der Waals surface area contributed by atoms with Crippen LogP contribution in [0.4, 0.5) is 4.79 Å². The molecule has 1 fully saturated rings. The number of nitrogens with zero attached hydrogens (tertiary/aromatic N) is 2. The molecule has 2 aromatic carbocycles. The Morgan fingerprint density at radius 2 is 1.69 bits per heavy atom. The topological polar surface area (TPSA) is 118 Å². The van der Waals surface area contributed by atoms with Gasteiger partial charge in [-0.2, -0.15) is 18.4 Å². The molecule has 1 heterocycles. The molecule has 0 aromatic heterocycles. The molecule has 0 atom stereocenters. The third-order valence-corrected chi connectivity index (χ3v) is 6.67. The summed E-state index contributed by atoms with van der Waals surface area (Å²) < 4.78 is 36.2. The minimum Gasteiger partial charge on any atom is -0.493 e. The molecular formula is C22H27N3O6S. The van der Waals surface area contributed by atoms with Gasteiger partial charge in [-0.05, 0) is 50.1 Å². The fourth-order valence-corrected chi connectivity index (χ4v) is 4.43. The number of hydrogen-bond donors (Lipinski definition) is 2. The van der Waals surface area contributed by atoms with Crippen molar-refractivity contribution >= 4 is 21.8 Å². The Hall–Kier alpha value is -3.27.